The molecule has 0 bridgehead atoms. The van der Waals surface area contributed by atoms with Gasteiger partial charge in [0.1, 0.15) is 0 Å². The van der Waals surface area contributed by atoms with Gasteiger partial charge in [0.15, 0.2) is 0 Å². The van der Waals surface area contributed by atoms with Crippen molar-refractivity contribution in [2.45, 2.75) is 38.8 Å². The lowest BCUT2D eigenvalue weighted by molar-refractivity contribution is 0.598. The van der Waals surface area contributed by atoms with Gasteiger partial charge in [-0.15, -0.1) is 0 Å². The average molecular weight is 245 g/mol. The first kappa shape index (κ1) is 11.5. The normalized spacial score (nSPS) is 20.1. The maximum atomic E-state index is 11.9. The summed E-state index contributed by atoms with van der Waals surface area (Å²) in [5, 5.41) is 3.48. The Balaban J connectivity index is 2.11. The zero-order valence-electron chi connectivity index (χ0n) is 10.9. The van der Waals surface area contributed by atoms with Crippen LogP contribution in [-0.2, 0) is 0 Å². The van der Waals surface area contributed by atoms with Crippen molar-refractivity contribution in [3.63, 3.8) is 0 Å². The molecule has 0 saturated carbocycles. The standard InChI is InChI=1S/C14H19N3O/c1-9(2)17-13-6-5-10(11-4-3-7-15-11)8-12(13)16-14(17)18/h5-6,8-9,11,15H,3-4,7H2,1-2H3,(H,16,18). The second-order valence-corrected chi connectivity index (χ2v) is 5.32. The van der Waals surface area contributed by atoms with Crippen LogP contribution in [0.3, 0.4) is 0 Å². The Labute approximate surface area is 106 Å². The number of fused-ring (bicyclic) bond motifs is 1. The molecular weight excluding hydrogens is 226 g/mol. The Hall–Kier alpha value is -1.55. The highest BCUT2D eigenvalue weighted by Gasteiger charge is 2.17. The molecule has 3 rings (SSSR count). The van der Waals surface area contributed by atoms with Crippen molar-refractivity contribution in [2.75, 3.05) is 6.54 Å². The van der Waals surface area contributed by atoms with E-state index in [-0.39, 0.29) is 11.7 Å². The van der Waals surface area contributed by atoms with Crippen LogP contribution < -0.4 is 11.0 Å². The Morgan fingerprint density at radius 3 is 2.89 bits per heavy atom. The number of hydrogen-bond acceptors (Lipinski definition) is 2. The molecule has 4 nitrogen and oxygen atoms in total. The van der Waals surface area contributed by atoms with Crippen molar-refractivity contribution in [3.8, 4) is 0 Å². The molecule has 1 aromatic carbocycles. The molecule has 0 spiro atoms. The molecule has 1 aliphatic heterocycles. The van der Waals surface area contributed by atoms with Crippen LogP contribution in [0, 0.1) is 0 Å². The molecular formula is C14H19N3O. The fraction of sp³-hybridized carbons (Fsp3) is 0.500. The van der Waals surface area contributed by atoms with Crippen LogP contribution in [0.1, 0.15) is 44.3 Å². The summed E-state index contributed by atoms with van der Waals surface area (Å²) >= 11 is 0. The number of H-pyrrole nitrogens is 1. The van der Waals surface area contributed by atoms with Crippen LogP contribution in [0.2, 0.25) is 0 Å². The smallest absolute Gasteiger partial charge is 0.310 e. The molecule has 0 radical (unpaired) electrons. The van der Waals surface area contributed by atoms with E-state index in [2.05, 4.69) is 28.5 Å². The Morgan fingerprint density at radius 1 is 1.39 bits per heavy atom. The van der Waals surface area contributed by atoms with Gasteiger partial charge in [0, 0.05) is 12.1 Å². The lowest BCUT2D eigenvalue weighted by Crippen LogP contribution is -2.18. The fourth-order valence-electron chi connectivity index (χ4n) is 2.85. The molecule has 0 aliphatic carbocycles. The topological polar surface area (TPSA) is 49.8 Å². The third-order valence-corrected chi connectivity index (χ3v) is 3.72. The van der Waals surface area contributed by atoms with Gasteiger partial charge in [0.25, 0.3) is 0 Å². The summed E-state index contributed by atoms with van der Waals surface area (Å²) in [5.41, 5.74) is 3.20. The zero-order chi connectivity index (χ0) is 12.7. The minimum absolute atomic E-state index is 0.0171. The minimum atomic E-state index is -0.0171. The van der Waals surface area contributed by atoms with E-state index < -0.39 is 0 Å². The first-order valence-electron chi connectivity index (χ1n) is 6.64. The molecule has 96 valence electrons. The highest BCUT2D eigenvalue weighted by molar-refractivity contribution is 5.76. The first-order chi connectivity index (χ1) is 8.66. The monoisotopic (exact) mass is 245 g/mol. The van der Waals surface area contributed by atoms with Crippen LogP contribution in [0.15, 0.2) is 23.0 Å². The second-order valence-electron chi connectivity index (χ2n) is 5.32. The van der Waals surface area contributed by atoms with Crippen LogP contribution in [0.25, 0.3) is 11.0 Å². The number of rotatable bonds is 2. The van der Waals surface area contributed by atoms with Gasteiger partial charge in [-0.3, -0.25) is 4.57 Å². The molecule has 1 atom stereocenters. The van der Waals surface area contributed by atoms with E-state index in [9.17, 15) is 4.79 Å². The SMILES string of the molecule is CC(C)n1c(=O)[nH]c2cc(C3CCCN3)ccc21. The predicted molar refractivity (Wildman–Crippen MR) is 72.9 cm³/mol. The molecule has 1 unspecified atom stereocenters. The average Bonchev–Trinajstić information content (AvgIpc) is 2.92. The highest BCUT2D eigenvalue weighted by Crippen LogP contribution is 2.25. The summed E-state index contributed by atoms with van der Waals surface area (Å²) in [6.45, 7) is 5.15. The molecule has 1 aromatic heterocycles. The molecule has 2 heterocycles. The molecule has 2 N–H and O–H groups in total. The van der Waals surface area contributed by atoms with E-state index in [1.807, 2.05) is 13.8 Å². The van der Waals surface area contributed by atoms with Crippen LogP contribution >= 0.6 is 0 Å². The molecule has 2 aromatic rings. The van der Waals surface area contributed by atoms with Crippen molar-refractivity contribution in [2.24, 2.45) is 0 Å². The van der Waals surface area contributed by atoms with Gasteiger partial charge in [-0.25, -0.2) is 4.79 Å². The quantitative estimate of drug-likeness (QED) is 0.853. The third kappa shape index (κ3) is 1.77. The van der Waals surface area contributed by atoms with E-state index in [4.69, 9.17) is 0 Å². The number of hydrogen-bond donors (Lipinski definition) is 2. The van der Waals surface area contributed by atoms with Gasteiger partial charge in [-0.05, 0) is 50.9 Å². The molecule has 1 aliphatic rings. The van der Waals surface area contributed by atoms with Crippen molar-refractivity contribution in [3.05, 3.63) is 34.2 Å². The maximum Gasteiger partial charge on any atom is 0.326 e. The van der Waals surface area contributed by atoms with Crippen LogP contribution in [-0.4, -0.2) is 16.1 Å². The lowest BCUT2D eigenvalue weighted by atomic mass is 10.0. The number of imidazole rings is 1. The Kier molecular flexibility index (Phi) is 2.74. The Bertz CT molecular complexity index is 617. The number of nitrogens with one attached hydrogen (secondary N) is 2. The van der Waals surface area contributed by atoms with Gasteiger partial charge < -0.3 is 10.3 Å². The second kappa shape index (κ2) is 4.28. The van der Waals surface area contributed by atoms with Gasteiger partial charge in [-0.1, -0.05) is 6.07 Å². The van der Waals surface area contributed by atoms with E-state index in [0.29, 0.717) is 6.04 Å². The highest BCUT2D eigenvalue weighted by atomic mass is 16.1. The fourth-order valence-corrected chi connectivity index (χ4v) is 2.85. The maximum absolute atomic E-state index is 11.9. The molecule has 18 heavy (non-hydrogen) atoms. The zero-order valence-corrected chi connectivity index (χ0v) is 10.9. The van der Waals surface area contributed by atoms with Gasteiger partial charge >= 0.3 is 5.69 Å². The first-order valence-corrected chi connectivity index (χ1v) is 6.64. The van der Waals surface area contributed by atoms with Crippen molar-refractivity contribution >= 4 is 11.0 Å². The van der Waals surface area contributed by atoms with Crippen molar-refractivity contribution in [1.82, 2.24) is 14.9 Å². The largest absolute Gasteiger partial charge is 0.326 e. The summed E-state index contributed by atoms with van der Waals surface area (Å²) in [6, 6.07) is 6.93. The number of aromatic nitrogens is 2. The minimum Gasteiger partial charge on any atom is -0.310 e. The van der Waals surface area contributed by atoms with E-state index in [1.165, 1.54) is 18.4 Å². The summed E-state index contributed by atoms with van der Waals surface area (Å²) in [7, 11) is 0. The summed E-state index contributed by atoms with van der Waals surface area (Å²) in [4.78, 5) is 14.9. The predicted octanol–water partition coefficient (Wildman–Crippen LogP) is 2.33. The number of nitrogens with zero attached hydrogens (tertiary/aromatic N) is 1. The molecule has 4 heteroatoms. The van der Waals surface area contributed by atoms with E-state index in [0.717, 1.165) is 17.6 Å². The molecule has 1 fully saturated rings. The van der Waals surface area contributed by atoms with Gasteiger partial charge in [0.2, 0.25) is 0 Å². The van der Waals surface area contributed by atoms with Crippen LogP contribution in [0.4, 0.5) is 0 Å². The van der Waals surface area contributed by atoms with Crippen LogP contribution in [0.5, 0.6) is 0 Å². The van der Waals surface area contributed by atoms with Gasteiger partial charge in [-0.2, -0.15) is 0 Å². The summed E-state index contributed by atoms with van der Waals surface area (Å²) < 4.78 is 1.81. The molecule has 0 amide bonds. The van der Waals surface area contributed by atoms with Crippen molar-refractivity contribution < 1.29 is 0 Å². The Morgan fingerprint density at radius 2 is 2.22 bits per heavy atom. The summed E-state index contributed by atoms with van der Waals surface area (Å²) in [6.07, 6.45) is 2.41. The van der Waals surface area contributed by atoms with Crippen molar-refractivity contribution in [1.29, 1.82) is 0 Å². The number of aromatic amines is 1. The third-order valence-electron chi connectivity index (χ3n) is 3.72. The van der Waals surface area contributed by atoms with Gasteiger partial charge in [0.05, 0.1) is 11.0 Å². The number of benzene rings is 1. The van der Waals surface area contributed by atoms with E-state index >= 15 is 0 Å². The molecule has 1 saturated heterocycles. The van der Waals surface area contributed by atoms with E-state index in [1.54, 1.807) is 4.57 Å². The lowest BCUT2D eigenvalue weighted by Gasteiger charge is -2.11. The summed E-state index contributed by atoms with van der Waals surface area (Å²) in [5.74, 6) is 0.